The van der Waals surface area contributed by atoms with Crippen molar-refractivity contribution in [2.45, 2.75) is 12.5 Å². The molecule has 2 heterocycles. The van der Waals surface area contributed by atoms with Gasteiger partial charge in [-0.1, -0.05) is 29.8 Å². The lowest BCUT2D eigenvalue weighted by Crippen LogP contribution is -2.47. The first-order chi connectivity index (χ1) is 11.0. The number of aryl methyl sites for hydroxylation is 1. The van der Waals surface area contributed by atoms with Crippen LogP contribution in [0.15, 0.2) is 24.3 Å². The van der Waals surface area contributed by atoms with Crippen LogP contribution in [-0.4, -0.2) is 50.5 Å². The molecule has 1 fully saturated rings. The normalized spacial score (nSPS) is 18.3. The maximum absolute atomic E-state index is 13.0. The summed E-state index contributed by atoms with van der Waals surface area (Å²) in [6, 6.07) is 7.28. The summed E-state index contributed by atoms with van der Waals surface area (Å²) in [5, 5.41) is 10.3. The molecule has 7 heteroatoms. The molecule has 0 bridgehead atoms. The van der Waals surface area contributed by atoms with Gasteiger partial charge in [0.05, 0.1) is 17.5 Å². The molecule has 0 aliphatic carbocycles. The molecule has 3 rings (SSSR count). The Balaban J connectivity index is 2.00. The highest BCUT2D eigenvalue weighted by Crippen LogP contribution is 2.32. The SMILES string of the molecule is Cn1c(C(=O)N2CCSCC2CC(=O)O)c(Cl)c2ccccc21. The first-order valence-electron chi connectivity index (χ1n) is 7.34. The minimum atomic E-state index is -0.890. The van der Waals surface area contributed by atoms with Crippen molar-refractivity contribution in [3.63, 3.8) is 0 Å². The van der Waals surface area contributed by atoms with Crippen molar-refractivity contribution in [2.24, 2.45) is 7.05 Å². The van der Waals surface area contributed by atoms with Crippen LogP contribution in [0.5, 0.6) is 0 Å². The third kappa shape index (κ3) is 2.93. The number of benzene rings is 1. The molecule has 0 spiro atoms. The van der Waals surface area contributed by atoms with Gasteiger partial charge in [0.2, 0.25) is 0 Å². The van der Waals surface area contributed by atoms with Crippen molar-refractivity contribution in [1.29, 1.82) is 0 Å². The number of rotatable bonds is 3. The molecule has 1 aliphatic heterocycles. The first kappa shape index (κ1) is 16.2. The number of hydrogen-bond donors (Lipinski definition) is 1. The van der Waals surface area contributed by atoms with Crippen LogP contribution in [-0.2, 0) is 11.8 Å². The van der Waals surface area contributed by atoms with Crippen LogP contribution in [0, 0.1) is 0 Å². The van der Waals surface area contributed by atoms with Gasteiger partial charge in [0.15, 0.2) is 0 Å². The molecule has 5 nitrogen and oxygen atoms in total. The van der Waals surface area contributed by atoms with Crippen molar-refractivity contribution < 1.29 is 14.7 Å². The van der Waals surface area contributed by atoms with E-state index in [2.05, 4.69) is 0 Å². The number of carbonyl (C=O) groups excluding carboxylic acids is 1. The summed E-state index contributed by atoms with van der Waals surface area (Å²) < 4.78 is 1.79. The van der Waals surface area contributed by atoms with Crippen molar-refractivity contribution in [3.05, 3.63) is 35.0 Å². The quantitative estimate of drug-likeness (QED) is 0.922. The lowest BCUT2D eigenvalue weighted by Gasteiger charge is -2.34. The van der Waals surface area contributed by atoms with Gasteiger partial charge in [0, 0.05) is 36.0 Å². The summed E-state index contributed by atoms with van der Waals surface area (Å²) in [4.78, 5) is 25.7. The fraction of sp³-hybridized carbons (Fsp3) is 0.375. The van der Waals surface area contributed by atoms with Gasteiger partial charge in [-0.3, -0.25) is 9.59 Å². The summed E-state index contributed by atoms with van der Waals surface area (Å²) in [5.74, 6) is 0.363. The number of carboxylic acid groups (broad SMARTS) is 1. The molecule has 1 N–H and O–H groups in total. The number of carboxylic acids is 1. The zero-order valence-corrected chi connectivity index (χ0v) is 14.2. The minimum absolute atomic E-state index is 0.0414. The Morgan fingerprint density at radius 1 is 1.39 bits per heavy atom. The molecule has 1 aromatic carbocycles. The zero-order chi connectivity index (χ0) is 16.6. The van der Waals surface area contributed by atoms with Gasteiger partial charge in [-0.05, 0) is 6.07 Å². The van der Waals surface area contributed by atoms with Gasteiger partial charge in [0.25, 0.3) is 5.91 Å². The van der Waals surface area contributed by atoms with Crippen molar-refractivity contribution in [3.8, 4) is 0 Å². The van der Waals surface area contributed by atoms with Crippen LogP contribution in [0.2, 0.25) is 5.02 Å². The Morgan fingerprint density at radius 2 is 2.13 bits per heavy atom. The maximum Gasteiger partial charge on any atom is 0.305 e. The number of hydrogen-bond acceptors (Lipinski definition) is 3. The van der Waals surface area contributed by atoms with Gasteiger partial charge in [-0.15, -0.1) is 0 Å². The molecule has 2 aromatic rings. The molecular formula is C16H17ClN2O3S. The van der Waals surface area contributed by atoms with E-state index >= 15 is 0 Å². The van der Waals surface area contributed by atoms with Gasteiger partial charge in [0.1, 0.15) is 5.69 Å². The third-order valence-electron chi connectivity index (χ3n) is 4.15. The van der Waals surface area contributed by atoms with E-state index in [1.807, 2.05) is 31.3 Å². The van der Waals surface area contributed by atoms with E-state index in [1.165, 1.54) is 0 Å². The number of amides is 1. The number of carbonyl (C=O) groups is 2. The highest BCUT2D eigenvalue weighted by atomic mass is 35.5. The Kier molecular flexibility index (Phi) is 4.55. The lowest BCUT2D eigenvalue weighted by atomic mass is 10.1. The molecule has 122 valence electrons. The van der Waals surface area contributed by atoms with E-state index in [9.17, 15) is 9.59 Å². The Labute approximate surface area is 143 Å². The van der Waals surface area contributed by atoms with Gasteiger partial charge in [-0.25, -0.2) is 0 Å². The molecule has 0 radical (unpaired) electrons. The van der Waals surface area contributed by atoms with Crippen LogP contribution < -0.4 is 0 Å². The van der Waals surface area contributed by atoms with Crippen LogP contribution in [0.3, 0.4) is 0 Å². The number of aromatic nitrogens is 1. The van der Waals surface area contributed by atoms with Crippen LogP contribution in [0.4, 0.5) is 0 Å². The Bertz CT molecular complexity index is 735. The molecule has 1 amide bonds. The third-order valence-corrected chi connectivity index (χ3v) is 5.62. The number of thioether (sulfide) groups is 1. The number of nitrogens with zero attached hydrogens (tertiary/aromatic N) is 2. The van der Waals surface area contributed by atoms with E-state index in [0.29, 0.717) is 23.0 Å². The largest absolute Gasteiger partial charge is 0.481 e. The maximum atomic E-state index is 13.0. The standard InChI is InChI=1S/C16H17ClN2O3S/c1-18-12-5-3-2-4-11(12)14(17)15(18)16(22)19-6-7-23-9-10(19)8-13(20)21/h2-5,10H,6-9H2,1H3,(H,20,21). The molecule has 1 unspecified atom stereocenters. The summed E-state index contributed by atoms with van der Waals surface area (Å²) in [6.07, 6.45) is -0.0414. The summed E-state index contributed by atoms with van der Waals surface area (Å²) >= 11 is 8.12. The number of para-hydroxylation sites is 1. The molecule has 1 atom stereocenters. The monoisotopic (exact) mass is 352 g/mol. The van der Waals surface area contributed by atoms with E-state index in [1.54, 1.807) is 21.2 Å². The second kappa shape index (κ2) is 6.45. The smallest absolute Gasteiger partial charge is 0.305 e. The summed E-state index contributed by atoms with van der Waals surface area (Å²) in [7, 11) is 1.81. The highest BCUT2D eigenvalue weighted by Gasteiger charge is 2.32. The molecular weight excluding hydrogens is 336 g/mol. The van der Waals surface area contributed by atoms with Crippen molar-refractivity contribution >= 4 is 46.1 Å². The average Bonchev–Trinajstić information content (AvgIpc) is 2.79. The fourth-order valence-electron chi connectivity index (χ4n) is 3.01. The Hall–Kier alpha value is -1.66. The number of aliphatic carboxylic acids is 1. The summed E-state index contributed by atoms with van der Waals surface area (Å²) in [6.45, 7) is 0.541. The fourth-order valence-corrected chi connectivity index (χ4v) is 4.44. The average molecular weight is 353 g/mol. The van der Waals surface area contributed by atoms with E-state index in [-0.39, 0.29) is 18.4 Å². The van der Waals surface area contributed by atoms with Crippen molar-refractivity contribution in [1.82, 2.24) is 9.47 Å². The highest BCUT2D eigenvalue weighted by molar-refractivity contribution is 7.99. The second-order valence-corrected chi connectivity index (χ2v) is 7.09. The zero-order valence-electron chi connectivity index (χ0n) is 12.7. The lowest BCUT2D eigenvalue weighted by molar-refractivity contribution is -0.138. The number of fused-ring (bicyclic) bond motifs is 1. The first-order valence-corrected chi connectivity index (χ1v) is 8.87. The van der Waals surface area contributed by atoms with Crippen LogP contribution >= 0.6 is 23.4 Å². The van der Waals surface area contributed by atoms with Crippen LogP contribution in [0.25, 0.3) is 10.9 Å². The molecule has 1 aliphatic rings. The van der Waals surface area contributed by atoms with E-state index in [4.69, 9.17) is 16.7 Å². The molecule has 23 heavy (non-hydrogen) atoms. The van der Waals surface area contributed by atoms with Crippen molar-refractivity contribution in [2.75, 3.05) is 18.1 Å². The molecule has 1 saturated heterocycles. The van der Waals surface area contributed by atoms with Gasteiger partial charge in [-0.2, -0.15) is 11.8 Å². The predicted octanol–water partition coefficient (Wildman–Crippen LogP) is 2.86. The molecule has 0 saturated carbocycles. The second-order valence-electron chi connectivity index (χ2n) is 5.56. The van der Waals surface area contributed by atoms with Gasteiger partial charge >= 0.3 is 5.97 Å². The Morgan fingerprint density at radius 3 is 2.83 bits per heavy atom. The van der Waals surface area contributed by atoms with Crippen LogP contribution in [0.1, 0.15) is 16.9 Å². The molecule has 1 aromatic heterocycles. The number of halogens is 1. The minimum Gasteiger partial charge on any atom is -0.481 e. The summed E-state index contributed by atoms with van der Waals surface area (Å²) in [5.41, 5.74) is 1.32. The van der Waals surface area contributed by atoms with E-state index < -0.39 is 5.97 Å². The van der Waals surface area contributed by atoms with Gasteiger partial charge < -0.3 is 14.6 Å². The topological polar surface area (TPSA) is 62.5 Å². The predicted molar refractivity (Wildman–Crippen MR) is 92.3 cm³/mol. The van der Waals surface area contributed by atoms with E-state index in [0.717, 1.165) is 16.7 Å².